The molecule has 0 aliphatic rings. The monoisotopic (exact) mass is 169 g/mol. The Balaban J connectivity index is 3.22. The third-order valence-corrected chi connectivity index (χ3v) is 1.49. The van der Waals surface area contributed by atoms with E-state index < -0.39 is 0 Å². The second-order valence-electron chi connectivity index (χ2n) is 1.81. The van der Waals surface area contributed by atoms with Crippen LogP contribution in [0.4, 0.5) is 0 Å². The van der Waals surface area contributed by atoms with Crippen LogP contribution in [0, 0.1) is 11.3 Å². The Morgan fingerprint density at radius 1 is 1.40 bits per heavy atom. The van der Waals surface area contributed by atoms with Crippen LogP contribution in [-0.2, 0) is 0 Å². The Kier molecular flexibility index (Phi) is 2.21. The molecule has 0 spiro atoms. The lowest BCUT2D eigenvalue weighted by atomic mass is 10.2. The minimum atomic E-state index is 0.539. The zero-order valence-electron chi connectivity index (χ0n) is 5.00. The van der Waals surface area contributed by atoms with Crippen LogP contribution >= 0.6 is 24.2 Å². The Hall–Kier alpha value is -0.650. The Morgan fingerprint density at radius 2 is 2.10 bits per heavy atom. The fourth-order valence-corrected chi connectivity index (χ4v) is 1.23. The van der Waals surface area contributed by atoms with E-state index in [1.165, 1.54) is 0 Å². The van der Waals surface area contributed by atoms with E-state index >= 15 is 0 Å². The van der Waals surface area contributed by atoms with Gasteiger partial charge in [0.2, 0.25) is 0 Å². The first kappa shape index (κ1) is 7.46. The van der Waals surface area contributed by atoms with E-state index in [0.717, 1.165) is 0 Å². The highest BCUT2D eigenvalue weighted by atomic mass is 35.5. The Morgan fingerprint density at radius 3 is 2.60 bits per heavy atom. The maximum absolute atomic E-state index is 8.44. The summed E-state index contributed by atoms with van der Waals surface area (Å²) in [6.07, 6.45) is 0. The van der Waals surface area contributed by atoms with Crippen molar-refractivity contribution in [2.24, 2.45) is 0 Å². The molecule has 0 saturated carbocycles. The normalized spacial score (nSPS) is 8.90. The molecule has 10 heavy (non-hydrogen) atoms. The van der Waals surface area contributed by atoms with Crippen LogP contribution in [-0.4, -0.2) is 0 Å². The first-order valence-electron chi connectivity index (χ1n) is 2.62. The highest BCUT2D eigenvalue weighted by Gasteiger charge is 1.93. The average Bonchev–Trinajstić information content (AvgIpc) is 1.85. The number of benzene rings is 1. The van der Waals surface area contributed by atoms with Gasteiger partial charge >= 0.3 is 0 Å². The number of halogens is 1. The predicted octanol–water partition coefficient (Wildman–Crippen LogP) is 2.50. The van der Waals surface area contributed by atoms with Gasteiger partial charge in [-0.05, 0) is 18.2 Å². The lowest BCUT2D eigenvalue weighted by Gasteiger charge is -1.92. The molecule has 1 aromatic rings. The van der Waals surface area contributed by atoms with Crippen molar-refractivity contribution >= 4 is 24.2 Å². The van der Waals surface area contributed by atoms with Gasteiger partial charge in [0.05, 0.1) is 11.6 Å². The second kappa shape index (κ2) is 2.96. The number of nitriles is 1. The molecule has 1 nitrogen and oxygen atoms in total. The molecule has 0 aliphatic carbocycles. The number of hydrogen-bond acceptors (Lipinski definition) is 2. The van der Waals surface area contributed by atoms with E-state index in [4.69, 9.17) is 16.9 Å². The van der Waals surface area contributed by atoms with Crippen molar-refractivity contribution in [2.45, 2.75) is 4.90 Å². The van der Waals surface area contributed by atoms with Gasteiger partial charge in [-0.15, -0.1) is 12.6 Å². The van der Waals surface area contributed by atoms with E-state index in [9.17, 15) is 0 Å². The SMILES string of the molecule is N#Cc1cc(S)cc(Cl)c1. The summed E-state index contributed by atoms with van der Waals surface area (Å²) < 4.78 is 0. The molecule has 0 bridgehead atoms. The summed E-state index contributed by atoms with van der Waals surface area (Å²) in [4.78, 5) is 0.712. The van der Waals surface area contributed by atoms with E-state index in [-0.39, 0.29) is 0 Å². The topological polar surface area (TPSA) is 23.8 Å². The van der Waals surface area contributed by atoms with Crippen LogP contribution < -0.4 is 0 Å². The van der Waals surface area contributed by atoms with Crippen molar-refractivity contribution in [3.05, 3.63) is 28.8 Å². The summed E-state index contributed by atoms with van der Waals surface area (Å²) in [5.41, 5.74) is 0.539. The smallest absolute Gasteiger partial charge is 0.0992 e. The highest BCUT2D eigenvalue weighted by molar-refractivity contribution is 7.80. The molecule has 0 aliphatic heterocycles. The summed E-state index contributed by atoms with van der Waals surface area (Å²) >= 11 is 9.67. The zero-order chi connectivity index (χ0) is 7.56. The molecule has 1 aromatic carbocycles. The molecular formula is C7H4ClNS. The first-order valence-corrected chi connectivity index (χ1v) is 3.44. The largest absolute Gasteiger partial charge is 0.192 e. The maximum Gasteiger partial charge on any atom is 0.0992 e. The lowest BCUT2D eigenvalue weighted by molar-refractivity contribution is 1.41. The number of hydrogen-bond donors (Lipinski definition) is 1. The predicted molar refractivity (Wildman–Crippen MR) is 43.4 cm³/mol. The van der Waals surface area contributed by atoms with Crippen LogP contribution in [0.1, 0.15) is 5.56 Å². The summed E-state index contributed by atoms with van der Waals surface area (Å²) in [6, 6.07) is 6.92. The molecule has 0 unspecified atom stereocenters. The van der Waals surface area contributed by atoms with Gasteiger partial charge in [0.1, 0.15) is 0 Å². The number of nitrogens with zero attached hydrogens (tertiary/aromatic N) is 1. The Bertz CT molecular complexity index is 270. The standard InChI is InChI=1S/C7H4ClNS/c8-6-1-5(4-9)2-7(10)3-6/h1-3,10H. The molecule has 0 amide bonds. The quantitative estimate of drug-likeness (QED) is 0.593. The van der Waals surface area contributed by atoms with Gasteiger partial charge in [-0.3, -0.25) is 0 Å². The van der Waals surface area contributed by atoms with Gasteiger partial charge < -0.3 is 0 Å². The van der Waals surface area contributed by atoms with Gasteiger partial charge in [0.25, 0.3) is 0 Å². The van der Waals surface area contributed by atoms with Gasteiger partial charge in [0.15, 0.2) is 0 Å². The number of thiol groups is 1. The maximum atomic E-state index is 8.44. The van der Waals surface area contributed by atoms with Crippen molar-refractivity contribution in [1.82, 2.24) is 0 Å². The van der Waals surface area contributed by atoms with Crippen LogP contribution in [0.5, 0.6) is 0 Å². The molecule has 1 rings (SSSR count). The fourth-order valence-electron chi connectivity index (χ4n) is 0.639. The van der Waals surface area contributed by atoms with E-state index in [1.807, 2.05) is 6.07 Å². The highest BCUT2D eigenvalue weighted by Crippen LogP contribution is 2.16. The minimum Gasteiger partial charge on any atom is -0.192 e. The molecule has 0 aromatic heterocycles. The molecule has 3 heteroatoms. The summed E-state index contributed by atoms with van der Waals surface area (Å²) in [5.74, 6) is 0. The fraction of sp³-hybridized carbons (Fsp3) is 0. The first-order chi connectivity index (χ1) is 4.72. The van der Waals surface area contributed by atoms with Crippen molar-refractivity contribution in [1.29, 1.82) is 5.26 Å². The summed E-state index contributed by atoms with van der Waals surface area (Å²) in [5, 5.41) is 8.99. The van der Waals surface area contributed by atoms with Gasteiger partial charge in [-0.25, -0.2) is 0 Å². The van der Waals surface area contributed by atoms with Crippen molar-refractivity contribution in [3.8, 4) is 6.07 Å². The number of rotatable bonds is 0. The zero-order valence-corrected chi connectivity index (χ0v) is 6.65. The third kappa shape index (κ3) is 1.66. The van der Waals surface area contributed by atoms with Crippen molar-refractivity contribution < 1.29 is 0 Å². The van der Waals surface area contributed by atoms with Crippen LogP contribution in [0.25, 0.3) is 0 Å². The summed E-state index contributed by atoms with van der Waals surface area (Å²) in [6.45, 7) is 0. The second-order valence-corrected chi connectivity index (χ2v) is 2.76. The van der Waals surface area contributed by atoms with Crippen LogP contribution in [0.3, 0.4) is 0 Å². The van der Waals surface area contributed by atoms with E-state index in [2.05, 4.69) is 12.6 Å². The molecule has 0 N–H and O–H groups in total. The van der Waals surface area contributed by atoms with Crippen LogP contribution in [0.15, 0.2) is 23.1 Å². The summed E-state index contributed by atoms with van der Waals surface area (Å²) in [7, 11) is 0. The van der Waals surface area contributed by atoms with Gasteiger partial charge in [0, 0.05) is 9.92 Å². The van der Waals surface area contributed by atoms with Gasteiger partial charge in [-0.1, -0.05) is 11.6 Å². The molecule has 0 radical (unpaired) electrons. The average molecular weight is 170 g/mol. The van der Waals surface area contributed by atoms with Gasteiger partial charge in [-0.2, -0.15) is 5.26 Å². The molecule has 0 atom stereocenters. The van der Waals surface area contributed by atoms with Crippen molar-refractivity contribution in [3.63, 3.8) is 0 Å². The molecule has 50 valence electrons. The van der Waals surface area contributed by atoms with Crippen LogP contribution in [0.2, 0.25) is 5.02 Å². The third-order valence-electron chi connectivity index (χ3n) is 1.01. The van der Waals surface area contributed by atoms with Crippen molar-refractivity contribution in [2.75, 3.05) is 0 Å². The van der Waals surface area contributed by atoms with E-state index in [0.29, 0.717) is 15.5 Å². The van der Waals surface area contributed by atoms with E-state index in [1.54, 1.807) is 18.2 Å². The Labute approximate surface area is 69.6 Å². The lowest BCUT2D eigenvalue weighted by Crippen LogP contribution is -1.73. The molecule has 0 heterocycles. The molecule has 0 fully saturated rings. The molecular weight excluding hydrogens is 166 g/mol. The minimum absolute atomic E-state index is 0.539. The molecule has 0 saturated heterocycles.